The molecule has 0 radical (unpaired) electrons. The lowest BCUT2D eigenvalue weighted by molar-refractivity contribution is -0.136. The van der Waals surface area contributed by atoms with Crippen LogP contribution in [0.2, 0.25) is 0 Å². The van der Waals surface area contributed by atoms with Crippen molar-refractivity contribution < 1.29 is 23.8 Å². The number of anilines is 1. The van der Waals surface area contributed by atoms with Crippen molar-refractivity contribution in [2.24, 2.45) is 5.73 Å². The van der Waals surface area contributed by atoms with Gasteiger partial charge in [0.2, 0.25) is 0 Å². The average molecular weight is 507 g/mol. The number of carboxylic acids is 1. The summed E-state index contributed by atoms with van der Waals surface area (Å²) in [5.74, 6) is -0.711. The fraction of sp³-hybridized carbons (Fsp3) is 0.367. The van der Waals surface area contributed by atoms with Crippen LogP contribution < -0.4 is 15.8 Å². The lowest BCUT2D eigenvalue weighted by Crippen LogP contribution is -2.18. The number of para-hydroxylation sites is 1. The maximum atomic E-state index is 15.6. The Balaban J connectivity index is 1.63. The molecule has 1 heterocycles. The molecule has 1 fully saturated rings. The molecule has 4 rings (SSSR count). The van der Waals surface area contributed by atoms with Gasteiger partial charge in [0.25, 0.3) is 0 Å². The second-order valence-corrected chi connectivity index (χ2v) is 9.51. The van der Waals surface area contributed by atoms with Gasteiger partial charge in [-0.1, -0.05) is 49.7 Å². The highest BCUT2D eigenvalue weighted by Gasteiger charge is 2.18. The van der Waals surface area contributed by atoms with Crippen LogP contribution in [0.3, 0.4) is 0 Å². The summed E-state index contributed by atoms with van der Waals surface area (Å²) in [6.07, 6.45) is 3.67. The van der Waals surface area contributed by atoms with Crippen LogP contribution in [0.15, 0.2) is 60.7 Å². The number of benzene rings is 3. The highest BCUT2D eigenvalue weighted by molar-refractivity contribution is 5.72. The fourth-order valence-electron chi connectivity index (χ4n) is 4.71. The molecule has 0 spiro atoms. The number of carboxylic acid groups (broad SMARTS) is 1. The van der Waals surface area contributed by atoms with E-state index >= 15 is 4.39 Å². The van der Waals surface area contributed by atoms with Gasteiger partial charge in [-0.15, -0.1) is 0 Å². The van der Waals surface area contributed by atoms with Crippen LogP contribution in [-0.4, -0.2) is 30.3 Å². The Morgan fingerprint density at radius 2 is 2.05 bits per heavy atom. The highest BCUT2D eigenvalue weighted by Crippen LogP contribution is 2.32. The first-order valence-corrected chi connectivity index (χ1v) is 12.9. The van der Waals surface area contributed by atoms with E-state index in [2.05, 4.69) is 5.32 Å². The zero-order chi connectivity index (χ0) is 26.2. The number of nitrogens with one attached hydrogen (secondary N) is 1. The monoisotopic (exact) mass is 506 g/mol. The van der Waals surface area contributed by atoms with Crippen molar-refractivity contribution in [3.8, 4) is 16.9 Å². The number of halogens is 1. The van der Waals surface area contributed by atoms with Crippen molar-refractivity contribution in [1.82, 2.24) is 0 Å². The predicted octanol–water partition coefficient (Wildman–Crippen LogP) is 6.09. The number of rotatable bonds is 12. The molecule has 0 aromatic heterocycles. The van der Waals surface area contributed by atoms with Gasteiger partial charge in [-0.2, -0.15) is 0 Å². The van der Waals surface area contributed by atoms with Crippen molar-refractivity contribution in [3.05, 3.63) is 83.2 Å². The second-order valence-electron chi connectivity index (χ2n) is 9.51. The van der Waals surface area contributed by atoms with E-state index in [0.717, 1.165) is 42.7 Å². The van der Waals surface area contributed by atoms with Gasteiger partial charge in [0.05, 0.1) is 12.5 Å². The van der Waals surface area contributed by atoms with Gasteiger partial charge in [0, 0.05) is 41.6 Å². The SMILES string of the molecule is CCCC(N)c1cccc(-c2cc(COc3ccccc3CC(=O)O)cc(NCC3CCCO3)c2)c1F. The minimum Gasteiger partial charge on any atom is -0.489 e. The summed E-state index contributed by atoms with van der Waals surface area (Å²) in [6, 6.07) is 17.9. The molecule has 1 aliphatic heterocycles. The minimum atomic E-state index is -0.921. The van der Waals surface area contributed by atoms with E-state index in [-0.39, 0.29) is 31.0 Å². The van der Waals surface area contributed by atoms with Gasteiger partial charge in [-0.3, -0.25) is 4.79 Å². The number of nitrogens with two attached hydrogens (primary N) is 1. The Bertz CT molecular complexity index is 1210. The molecule has 7 heteroatoms. The van der Waals surface area contributed by atoms with Gasteiger partial charge in [0.15, 0.2) is 0 Å². The smallest absolute Gasteiger partial charge is 0.307 e. The second kappa shape index (κ2) is 12.7. The van der Waals surface area contributed by atoms with Crippen LogP contribution in [0.1, 0.15) is 55.3 Å². The minimum absolute atomic E-state index is 0.125. The molecule has 37 heavy (non-hydrogen) atoms. The maximum Gasteiger partial charge on any atom is 0.307 e. The average Bonchev–Trinajstić information content (AvgIpc) is 3.41. The van der Waals surface area contributed by atoms with Crippen LogP contribution in [-0.2, 0) is 22.6 Å². The molecule has 1 aliphatic rings. The molecule has 6 nitrogen and oxygen atoms in total. The standard InChI is InChI=1S/C30H35FN2O4/c1-2-7-27(32)26-11-5-10-25(30(26)31)22-14-20(15-23(16-22)33-18-24-9-6-13-36-24)19-37-28-12-4-3-8-21(28)17-29(34)35/h3-5,8,10-12,14-16,24,27,33H,2,6-7,9,13,17-19,32H2,1H3,(H,34,35). The third kappa shape index (κ3) is 7.08. The summed E-state index contributed by atoms with van der Waals surface area (Å²) in [7, 11) is 0. The van der Waals surface area contributed by atoms with Crippen molar-refractivity contribution in [2.45, 2.75) is 57.8 Å². The molecule has 0 bridgehead atoms. The third-order valence-corrected chi connectivity index (χ3v) is 6.60. The first kappa shape index (κ1) is 26.6. The first-order chi connectivity index (χ1) is 17.9. The van der Waals surface area contributed by atoms with Crippen LogP contribution >= 0.6 is 0 Å². The van der Waals surface area contributed by atoms with E-state index in [9.17, 15) is 9.90 Å². The third-order valence-electron chi connectivity index (χ3n) is 6.60. The maximum absolute atomic E-state index is 15.6. The lowest BCUT2D eigenvalue weighted by atomic mass is 9.95. The Kier molecular flexibility index (Phi) is 9.14. The summed E-state index contributed by atoms with van der Waals surface area (Å²) in [5, 5.41) is 12.7. The van der Waals surface area contributed by atoms with Crippen molar-refractivity contribution in [1.29, 1.82) is 0 Å². The highest BCUT2D eigenvalue weighted by atomic mass is 19.1. The molecule has 3 aromatic rings. The van der Waals surface area contributed by atoms with Crippen LogP contribution in [0.5, 0.6) is 5.75 Å². The predicted molar refractivity (Wildman–Crippen MR) is 143 cm³/mol. The Morgan fingerprint density at radius 3 is 2.81 bits per heavy atom. The quantitative estimate of drug-likeness (QED) is 0.275. The molecular formula is C30H35FN2O4. The Hall–Kier alpha value is -3.42. The van der Waals surface area contributed by atoms with Gasteiger partial charge < -0.3 is 25.6 Å². The van der Waals surface area contributed by atoms with Crippen molar-refractivity contribution in [3.63, 3.8) is 0 Å². The zero-order valence-corrected chi connectivity index (χ0v) is 21.2. The molecular weight excluding hydrogens is 471 g/mol. The largest absolute Gasteiger partial charge is 0.489 e. The molecule has 2 atom stereocenters. The van der Waals surface area contributed by atoms with Gasteiger partial charge >= 0.3 is 5.97 Å². The molecule has 0 amide bonds. The van der Waals surface area contributed by atoms with Crippen molar-refractivity contribution >= 4 is 11.7 Å². The summed E-state index contributed by atoms with van der Waals surface area (Å²) in [5.41, 5.74) is 10.3. The Labute approximate surface area is 217 Å². The molecule has 1 saturated heterocycles. The number of aliphatic carboxylic acids is 1. The molecule has 0 aliphatic carbocycles. The van der Waals surface area contributed by atoms with E-state index in [1.165, 1.54) is 0 Å². The summed E-state index contributed by atoms with van der Waals surface area (Å²) >= 11 is 0. The number of hydrogen-bond acceptors (Lipinski definition) is 5. The zero-order valence-electron chi connectivity index (χ0n) is 21.2. The molecule has 3 aromatic carbocycles. The summed E-state index contributed by atoms with van der Waals surface area (Å²) in [6.45, 7) is 3.67. The topological polar surface area (TPSA) is 93.8 Å². The summed E-state index contributed by atoms with van der Waals surface area (Å²) < 4.78 is 27.4. The van der Waals surface area contributed by atoms with E-state index < -0.39 is 5.97 Å². The van der Waals surface area contributed by atoms with Gasteiger partial charge in [-0.25, -0.2) is 4.39 Å². The van der Waals surface area contributed by atoms with Gasteiger partial charge in [0.1, 0.15) is 18.2 Å². The lowest BCUT2D eigenvalue weighted by Gasteiger charge is -2.18. The van der Waals surface area contributed by atoms with E-state index in [0.29, 0.717) is 35.4 Å². The van der Waals surface area contributed by atoms with E-state index in [1.807, 2.05) is 37.3 Å². The summed E-state index contributed by atoms with van der Waals surface area (Å²) in [4.78, 5) is 11.3. The van der Waals surface area contributed by atoms with E-state index in [1.54, 1.807) is 30.3 Å². The molecule has 0 saturated carbocycles. The molecule has 4 N–H and O–H groups in total. The number of ether oxygens (including phenoxy) is 2. The number of hydrogen-bond donors (Lipinski definition) is 3. The van der Waals surface area contributed by atoms with Crippen LogP contribution in [0, 0.1) is 5.82 Å². The van der Waals surface area contributed by atoms with Crippen molar-refractivity contribution in [2.75, 3.05) is 18.5 Å². The first-order valence-electron chi connectivity index (χ1n) is 12.9. The van der Waals surface area contributed by atoms with Crippen LogP contribution in [0.25, 0.3) is 11.1 Å². The fourth-order valence-corrected chi connectivity index (χ4v) is 4.71. The van der Waals surface area contributed by atoms with Crippen LogP contribution in [0.4, 0.5) is 10.1 Å². The van der Waals surface area contributed by atoms with Gasteiger partial charge in [-0.05, 0) is 54.7 Å². The normalized spacial score (nSPS) is 15.9. The molecule has 196 valence electrons. The molecule has 2 unspecified atom stereocenters. The number of carbonyl (C=O) groups is 1. The van der Waals surface area contributed by atoms with E-state index in [4.69, 9.17) is 15.2 Å². The Morgan fingerprint density at radius 1 is 1.22 bits per heavy atom.